The van der Waals surface area contributed by atoms with Gasteiger partial charge in [-0.3, -0.25) is 4.79 Å². The molecule has 3 rings (SSSR count). The Labute approximate surface area is 183 Å². The maximum absolute atomic E-state index is 14.2. The minimum absolute atomic E-state index is 0.0784. The van der Waals surface area contributed by atoms with Crippen LogP contribution >= 0.6 is 0 Å². The van der Waals surface area contributed by atoms with Gasteiger partial charge in [-0.15, -0.1) is 0 Å². The van der Waals surface area contributed by atoms with Crippen LogP contribution in [-0.4, -0.2) is 67.8 Å². The minimum atomic E-state index is -3.60. The summed E-state index contributed by atoms with van der Waals surface area (Å²) in [7, 11) is -3.60. The van der Waals surface area contributed by atoms with Gasteiger partial charge in [0.1, 0.15) is 11.4 Å². The van der Waals surface area contributed by atoms with Gasteiger partial charge in [-0.2, -0.15) is 0 Å². The molecule has 2 saturated heterocycles. The second kappa shape index (κ2) is 9.14. The molecule has 2 unspecified atom stereocenters. The lowest BCUT2D eigenvalue weighted by Gasteiger charge is -2.35. The maximum atomic E-state index is 14.2. The number of amides is 2. The molecule has 1 aromatic carbocycles. The Bertz CT molecular complexity index is 928. The van der Waals surface area contributed by atoms with E-state index in [9.17, 15) is 22.4 Å². The minimum Gasteiger partial charge on any atom is -0.444 e. The molecule has 0 N–H and O–H groups in total. The number of hydrogen-bond acceptors (Lipinski definition) is 5. The standard InChI is InChI=1S/C22H31FN2O5S/c1-22(2,3)30-21(27)25-11-6-7-16(15-25)20(26)24-12-10-19(31(28,29)14-13-24)17-8-4-5-9-18(17)23/h4-5,8-9,16,19H,6-7,10-15H2,1-3H3. The fourth-order valence-corrected chi connectivity index (χ4v) is 5.98. The molecule has 2 aliphatic heterocycles. The molecule has 0 aromatic heterocycles. The predicted octanol–water partition coefficient (Wildman–Crippen LogP) is 3.16. The van der Waals surface area contributed by atoms with E-state index in [1.54, 1.807) is 36.6 Å². The molecule has 0 aliphatic carbocycles. The first kappa shape index (κ1) is 23.5. The Balaban J connectivity index is 1.69. The van der Waals surface area contributed by atoms with E-state index in [1.165, 1.54) is 18.2 Å². The van der Waals surface area contributed by atoms with Crippen LogP contribution in [0.3, 0.4) is 0 Å². The van der Waals surface area contributed by atoms with Crippen LogP contribution in [0.15, 0.2) is 24.3 Å². The molecule has 0 spiro atoms. The van der Waals surface area contributed by atoms with Gasteiger partial charge in [0.25, 0.3) is 0 Å². The molecule has 1 aromatic rings. The number of ether oxygens (including phenoxy) is 1. The van der Waals surface area contributed by atoms with Crippen LogP contribution in [-0.2, 0) is 19.4 Å². The zero-order valence-corrected chi connectivity index (χ0v) is 19.2. The number of carbonyl (C=O) groups is 2. The normalized spacial score (nSPS) is 24.4. The Hall–Kier alpha value is -2.16. The molecule has 0 radical (unpaired) electrons. The van der Waals surface area contributed by atoms with Crippen LogP contribution in [0, 0.1) is 11.7 Å². The summed E-state index contributed by atoms with van der Waals surface area (Å²) in [6.07, 6.45) is 1.03. The number of carbonyl (C=O) groups excluding carboxylic acids is 2. The van der Waals surface area contributed by atoms with Gasteiger partial charge < -0.3 is 14.5 Å². The average Bonchev–Trinajstić information content (AvgIpc) is 2.85. The molecular weight excluding hydrogens is 423 g/mol. The van der Waals surface area contributed by atoms with Gasteiger partial charge in [0.15, 0.2) is 9.84 Å². The molecule has 31 heavy (non-hydrogen) atoms. The lowest BCUT2D eigenvalue weighted by molar-refractivity contribution is -0.136. The third-order valence-corrected chi connectivity index (χ3v) is 7.83. The summed E-state index contributed by atoms with van der Waals surface area (Å²) >= 11 is 0. The second-order valence-electron chi connectivity index (χ2n) is 9.26. The molecule has 172 valence electrons. The van der Waals surface area contributed by atoms with Crippen molar-refractivity contribution in [2.75, 3.05) is 31.9 Å². The maximum Gasteiger partial charge on any atom is 0.410 e. The second-order valence-corrected chi connectivity index (χ2v) is 11.6. The average molecular weight is 455 g/mol. The van der Waals surface area contributed by atoms with Gasteiger partial charge in [0.2, 0.25) is 5.91 Å². The van der Waals surface area contributed by atoms with Gasteiger partial charge in [-0.25, -0.2) is 17.6 Å². The molecule has 2 amide bonds. The Morgan fingerprint density at radius 3 is 2.45 bits per heavy atom. The molecule has 2 heterocycles. The SMILES string of the molecule is CC(C)(C)OC(=O)N1CCCC(C(=O)N2CCC(c3ccccc3F)S(=O)(=O)CC2)C1. The fourth-order valence-electron chi connectivity index (χ4n) is 4.18. The first-order valence-corrected chi connectivity index (χ1v) is 12.4. The van der Waals surface area contributed by atoms with Gasteiger partial charge in [-0.05, 0) is 46.1 Å². The van der Waals surface area contributed by atoms with E-state index in [0.29, 0.717) is 19.4 Å². The Kier molecular flexibility index (Phi) is 6.93. The Morgan fingerprint density at radius 2 is 1.77 bits per heavy atom. The van der Waals surface area contributed by atoms with Crippen molar-refractivity contribution in [2.24, 2.45) is 5.92 Å². The van der Waals surface area contributed by atoms with Crippen LogP contribution in [0.4, 0.5) is 9.18 Å². The highest BCUT2D eigenvalue weighted by atomic mass is 32.2. The third kappa shape index (κ3) is 5.75. The topological polar surface area (TPSA) is 84.0 Å². The molecule has 9 heteroatoms. The van der Waals surface area contributed by atoms with Crippen molar-refractivity contribution < 1.29 is 27.1 Å². The zero-order chi connectivity index (χ0) is 22.8. The summed E-state index contributed by atoms with van der Waals surface area (Å²) in [5, 5.41) is -0.962. The summed E-state index contributed by atoms with van der Waals surface area (Å²) in [5.41, 5.74) is -0.458. The predicted molar refractivity (Wildman–Crippen MR) is 115 cm³/mol. The number of benzene rings is 1. The van der Waals surface area contributed by atoms with Crippen LogP contribution < -0.4 is 0 Å². The molecule has 2 atom stereocenters. The van der Waals surface area contributed by atoms with Crippen molar-refractivity contribution in [1.29, 1.82) is 0 Å². The van der Waals surface area contributed by atoms with Gasteiger partial charge in [0, 0.05) is 31.7 Å². The third-order valence-electron chi connectivity index (χ3n) is 5.73. The fraction of sp³-hybridized carbons (Fsp3) is 0.636. The van der Waals surface area contributed by atoms with Crippen LogP contribution in [0.1, 0.15) is 50.8 Å². The molecule has 7 nitrogen and oxygen atoms in total. The number of sulfone groups is 1. The van der Waals surface area contributed by atoms with Crippen molar-refractivity contribution in [2.45, 2.75) is 50.9 Å². The number of rotatable bonds is 2. The molecular formula is C22H31FN2O5S. The van der Waals surface area contributed by atoms with Crippen LogP contribution in [0.25, 0.3) is 0 Å². The summed E-state index contributed by atoms with van der Waals surface area (Å²) in [5.74, 6) is -1.30. The number of halogens is 1. The highest BCUT2D eigenvalue weighted by Crippen LogP contribution is 2.32. The molecule has 0 bridgehead atoms. The molecule has 2 aliphatic rings. The Morgan fingerprint density at radius 1 is 1.06 bits per heavy atom. The van der Waals surface area contributed by atoms with Crippen molar-refractivity contribution in [3.05, 3.63) is 35.6 Å². The molecule has 0 saturated carbocycles. The van der Waals surface area contributed by atoms with E-state index < -0.39 is 38.5 Å². The van der Waals surface area contributed by atoms with E-state index in [1.807, 2.05) is 0 Å². The smallest absolute Gasteiger partial charge is 0.410 e. The largest absolute Gasteiger partial charge is 0.444 e. The van der Waals surface area contributed by atoms with Crippen LogP contribution in [0.5, 0.6) is 0 Å². The summed E-state index contributed by atoms with van der Waals surface area (Å²) < 4.78 is 45.3. The van der Waals surface area contributed by atoms with E-state index >= 15 is 0 Å². The van der Waals surface area contributed by atoms with E-state index in [-0.39, 0.29) is 43.3 Å². The number of nitrogens with zero attached hydrogens (tertiary/aromatic N) is 2. The highest BCUT2D eigenvalue weighted by Gasteiger charge is 2.37. The number of likely N-dealkylation sites (tertiary alicyclic amines) is 1. The van der Waals surface area contributed by atoms with Gasteiger partial charge in [-0.1, -0.05) is 18.2 Å². The highest BCUT2D eigenvalue weighted by molar-refractivity contribution is 7.91. The summed E-state index contributed by atoms with van der Waals surface area (Å²) in [6.45, 7) is 6.48. The van der Waals surface area contributed by atoms with E-state index in [4.69, 9.17) is 4.74 Å². The summed E-state index contributed by atoms with van der Waals surface area (Å²) in [6, 6.07) is 5.90. The van der Waals surface area contributed by atoms with Gasteiger partial charge >= 0.3 is 6.09 Å². The first-order valence-electron chi connectivity index (χ1n) is 10.7. The quantitative estimate of drug-likeness (QED) is 0.685. The lowest BCUT2D eigenvalue weighted by atomic mass is 9.96. The van der Waals surface area contributed by atoms with E-state index in [2.05, 4.69) is 0 Å². The van der Waals surface area contributed by atoms with Crippen molar-refractivity contribution in [3.63, 3.8) is 0 Å². The van der Waals surface area contributed by atoms with Crippen LogP contribution in [0.2, 0.25) is 0 Å². The summed E-state index contributed by atoms with van der Waals surface area (Å²) in [4.78, 5) is 28.7. The lowest BCUT2D eigenvalue weighted by Crippen LogP contribution is -2.48. The number of piperidine rings is 1. The van der Waals surface area contributed by atoms with Gasteiger partial charge in [0.05, 0.1) is 16.9 Å². The molecule has 2 fully saturated rings. The van der Waals surface area contributed by atoms with Crippen molar-refractivity contribution in [1.82, 2.24) is 9.80 Å². The van der Waals surface area contributed by atoms with E-state index in [0.717, 1.165) is 0 Å². The number of hydrogen-bond donors (Lipinski definition) is 0. The first-order chi connectivity index (χ1) is 14.5. The van der Waals surface area contributed by atoms with Crippen molar-refractivity contribution in [3.8, 4) is 0 Å². The monoisotopic (exact) mass is 454 g/mol. The van der Waals surface area contributed by atoms with Crippen molar-refractivity contribution >= 4 is 21.8 Å². The zero-order valence-electron chi connectivity index (χ0n) is 18.3.